The van der Waals surface area contributed by atoms with E-state index < -0.39 is 0 Å². The smallest absolute Gasteiger partial charge is 0.118 e. The number of methoxy groups -OCH3 is 1. The topological polar surface area (TPSA) is 21.3 Å². The molecule has 0 spiro atoms. The fraction of sp³-hybridized carbons (Fsp3) is 0.294. The molecule has 2 nitrogen and oxygen atoms in total. The van der Waals surface area contributed by atoms with Crippen LogP contribution in [0.15, 0.2) is 48.5 Å². The molecule has 0 fully saturated rings. The summed E-state index contributed by atoms with van der Waals surface area (Å²) in [4.78, 5) is 0. The molecule has 0 bridgehead atoms. The maximum Gasteiger partial charge on any atom is 0.118 e. The summed E-state index contributed by atoms with van der Waals surface area (Å²) in [6.07, 6.45) is 0. The normalized spacial score (nSPS) is 13.8. The van der Waals surface area contributed by atoms with E-state index >= 15 is 0 Å². The highest BCUT2D eigenvalue weighted by atomic mass is 35.5. The van der Waals surface area contributed by atoms with Gasteiger partial charge in [-0.25, -0.2) is 0 Å². The molecule has 1 N–H and O–H groups in total. The highest BCUT2D eigenvalue weighted by Crippen LogP contribution is 2.22. The number of benzene rings is 2. The van der Waals surface area contributed by atoms with E-state index in [1.165, 1.54) is 11.1 Å². The summed E-state index contributed by atoms with van der Waals surface area (Å²) < 4.78 is 5.18. The molecule has 0 saturated heterocycles. The second-order valence-corrected chi connectivity index (χ2v) is 5.37. The highest BCUT2D eigenvalue weighted by Gasteiger charge is 2.11. The summed E-state index contributed by atoms with van der Waals surface area (Å²) in [7, 11) is 1.68. The molecule has 0 aliphatic heterocycles. The summed E-state index contributed by atoms with van der Waals surface area (Å²) in [5, 5.41) is 4.35. The van der Waals surface area contributed by atoms with Gasteiger partial charge in [-0.2, -0.15) is 0 Å². The van der Waals surface area contributed by atoms with Gasteiger partial charge in [0.05, 0.1) is 7.11 Å². The van der Waals surface area contributed by atoms with E-state index in [2.05, 4.69) is 37.4 Å². The first-order valence-electron chi connectivity index (χ1n) is 6.75. The zero-order chi connectivity index (χ0) is 14.5. The van der Waals surface area contributed by atoms with Gasteiger partial charge in [0.25, 0.3) is 0 Å². The molecule has 106 valence electrons. The first kappa shape index (κ1) is 14.9. The van der Waals surface area contributed by atoms with Gasteiger partial charge >= 0.3 is 0 Å². The van der Waals surface area contributed by atoms with Gasteiger partial charge < -0.3 is 10.1 Å². The Hall–Kier alpha value is -1.51. The van der Waals surface area contributed by atoms with Crippen LogP contribution in [0.3, 0.4) is 0 Å². The molecule has 2 atom stereocenters. The van der Waals surface area contributed by atoms with Crippen molar-refractivity contribution < 1.29 is 4.74 Å². The lowest BCUT2D eigenvalue weighted by Gasteiger charge is -2.21. The third kappa shape index (κ3) is 3.75. The Morgan fingerprint density at radius 1 is 0.950 bits per heavy atom. The zero-order valence-corrected chi connectivity index (χ0v) is 12.8. The third-order valence-electron chi connectivity index (χ3n) is 3.46. The number of hydrogen-bond donors (Lipinski definition) is 1. The molecule has 0 aliphatic carbocycles. The molecule has 3 heteroatoms. The molecule has 0 amide bonds. The summed E-state index contributed by atoms with van der Waals surface area (Å²) in [5.41, 5.74) is 2.43. The monoisotopic (exact) mass is 289 g/mol. The van der Waals surface area contributed by atoms with Crippen molar-refractivity contribution in [3.05, 3.63) is 64.7 Å². The van der Waals surface area contributed by atoms with Crippen molar-refractivity contribution in [2.75, 3.05) is 7.11 Å². The van der Waals surface area contributed by atoms with Crippen LogP contribution in [-0.2, 0) is 0 Å². The van der Waals surface area contributed by atoms with Crippen molar-refractivity contribution in [1.29, 1.82) is 0 Å². The molecule has 0 heterocycles. The van der Waals surface area contributed by atoms with E-state index in [1.807, 2.05) is 30.3 Å². The van der Waals surface area contributed by atoms with Crippen molar-refractivity contribution in [2.45, 2.75) is 25.9 Å². The van der Waals surface area contributed by atoms with Gasteiger partial charge in [0, 0.05) is 17.1 Å². The first-order valence-corrected chi connectivity index (χ1v) is 7.13. The molecule has 1 unspecified atom stereocenters. The molecule has 0 aromatic heterocycles. The maximum atomic E-state index is 6.03. The van der Waals surface area contributed by atoms with Gasteiger partial charge in [0.1, 0.15) is 5.75 Å². The van der Waals surface area contributed by atoms with Crippen molar-refractivity contribution in [1.82, 2.24) is 5.32 Å². The van der Waals surface area contributed by atoms with Crippen LogP contribution in [0.1, 0.15) is 37.1 Å². The molecule has 2 aromatic rings. The molecule has 2 rings (SSSR count). The minimum absolute atomic E-state index is 0.241. The van der Waals surface area contributed by atoms with E-state index in [0.29, 0.717) is 0 Å². The second-order valence-electron chi connectivity index (χ2n) is 4.94. The van der Waals surface area contributed by atoms with Crippen LogP contribution < -0.4 is 10.1 Å². The Labute approximate surface area is 125 Å². The summed E-state index contributed by atoms with van der Waals surface area (Å²) in [6, 6.07) is 16.6. The van der Waals surface area contributed by atoms with Crippen LogP contribution in [0.25, 0.3) is 0 Å². The number of nitrogens with one attached hydrogen (secondary N) is 1. The van der Waals surface area contributed by atoms with Gasteiger partial charge in [-0.1, -0.05) is 35.9 Å². The predicted octanol–water partition coefficient (Wildman–Crippen LogP) is 4.76. The Bertz CT molecular complexity index is 553. The Kier molecular flexibility index (Phi) is 5.05. The van der Waals surface area contributed by atoms with E-state index in [1.54, 1.807) is 7.11 Å². The highest BCUT2D eigenvalue weighted by molar-refractivity contribution is 6.30. The average molecular weight is 290 g/mol. The molecule has 0 saturated carbocycles. The van der Waals surface area contributed by atoms with Gasteiger partial charge in [-0.05, 0) is 49.2 Å². The second kappa shape index (κ2) is 6.78. The number of hydrogen-bond acceptors (Lipinski definition) is 2. The van der Waals surface area contributed by atoms with E-state index in [-0.39, 0.29) is 12.1 Å². The number of halogens is 1. The SMILES string of the molecule is COc1ccc([C@H](C)NC(C)c2cccc(Cl)c2)cc1. The lowest BCUT2D eigenvalue weighted by Crippen LogP contribution is -2.22. The molecule has 0 aliphatic rings. The van der Waals surface area contributed by atoms with Crippen molar-refractivity contribution in [3.63, 3.8) is 0 Å². The lowest BCUT2D eigenvalue weighted by molar-refractivity contribution is 0.414. The van der Waals surface area contributed by atoms with Gasteiger partial charge in [-0.15, -0.1) is 0 Å². The standard InChI is InChI=1S/C17H20ClNO/c1-12(14-7-9-17(20-3)10-8-14)19-13(2)15-5-4-6-16(18)11-15/h4-13,19H,1-3H3/t12-,13?/m0/s1. The van der Waals surface area contributed by atoms with E-state index in [4.69, 9.17) is 16.3 Å². The quantitative estimate of drug-likeness (QED) is 0.857. The van der Waals surface area contributed by atoms with Crippen molar-refractivity contribution in [3.8, 4) is 5.75 Å². The van der Waals surface area contributed by atoms with Gasteiger partial charge in [0.2, 0.25) is 0 Å². The molecular weight excluding hydrogens is 270 g/mol. The zero-order valence-electron chi connectivity index (χ0n) is 12.1. The van der Waals surface area contributed by atoms with Crippen LogP contribution >= 0.6 is 11.6 Å². The number of ether oxygens (including phenoxy) is 1. The van der Waals surface area contributed by atoms with E-state index in [0.717, 1.165) is 10.8 Å². The van der Waals surface area contributed by atoms with Crippen LogP contribution in [0, 0.1) is 0 Å². The molecule has 20 heavy (non-hydrogen) atoms. The minimum atomic E-state index is 0.241. The predicted molar refractivity (Wildman–Crippen MR) is 84.4 cm³/mol. The van der Waals surface area contributed by atoms with Crippen molar-refractivity contribution >= 4 is 11.6 Å². The maximum absolute atomic E-state index is 6.03. The lowest BCUT2D eigenvalue weighted by atomic mass is 10.0. The first-order chi connectivity index (χ1) is 9.60. The van der Waals surface area contributed by atoms with E-state index in [9.17, 15) is 0 Å². The fourth-order valence-electron chi connectivity index (χ4n) is 2.24. The van der Waals surface area contributed by atoms with Crippen LogP contribution in [-0.4, -0.2) is 7.11 Å². The molecular formula is C17H20ClNO. The largest absolute Gasteiger partial charge is 0.497 e. The summed E-state index contributed by atoms with van der Waals surface area (Å²) in [6.45, 7) is 4.30. The molecule has 2 aromatic carbocycles. The minimum Gasteiger partial charge on any atom is -0.497 e. The van der Waals surface area contributed by atoms with Gasteiger partial charge in [-0.3, -0.25) is 0 Å². The van der Waals surface area contributed by atoms with Crippen LogP contribution in [0.4, 0.5) is 0 Å². The van der Waals surface area contributed by atoms with Crippen LogP contribution in [0.2, 0.25) is 5.02 Å². The van der Waals surface area contributed by atoms with Gasteiger partial charge in [0.15, 0.2) is 0 Å². The number of rotatable bonds is 5. The van der Waals surface area contributed by atoms with Crippen molar-refractivity contribution in [2.24, 2.45) is 0 Å². The third-order valence-corrected chi connectivity index (χ3v) is 3.70. The fourth-order valence-corrected chi connectivity index (χ4v) is 2.43. The Morgan fingerprint density at radius 3 is 2.20 bits per heavy atom. The van der Waals surface area contributed by atoms with Crippen LogP contribution in [0.5, 0.6) is 5.75 Å². The Morgan fingerprint density at radius 2 is 1.60 bits per heavy atom. The summed E-state index contributed by atoms with van der Waals surface area (Å²) in [5.74, 6) is 0.879. The molecule has 0 radical (unpaired) electrons. The Balaban J connectivity index is 2.04. The average Bonchev–Trinajstić information content (AvgIpc) is 2.47. The summed E-state index contributed by atoms with van der Waals surface area (Å²) >= 11 is 6.03.